The first-order chi connectivity index (χ1) is 10.2. The normalized spacial score (nSPS) is 21.6. The topological polar surface area (TPSA) is 59.4 Å². The lowest BCUT2D eigenvalue weighted by Gasteiger charge is -2.22. The number of hydrogen-bond acceptors (Lipinski definition) is 4. The number of ether oxygens (including phenoxy) is 1. The van der Waals surface area contributed by atoms with E-state index >= 15 is 0 Å². The van der Waals surface area contributed by atoms with E-state index in [0.717, 1.165) is 27.4 Å². The number of hydrogen-bond donors (Lipinski definition) is 1. The molecule has 0 fully saturated rings. The Morgan fingerprint density at radius 2 is 2.24 bits per heavy atom. The van der Waals surface area contributed by atoms with E-state index in [9.17, 15) is 9.90 Å². The number of aliphatic carboxylic acids is 1. The molecule has 1 aromatic heterocycles. The molecule has 0 bridgehead atoms. The van der Waals surface area contributed by atoms with Crippen LogP contribution >= 0.6 is 11.3 Å². The van der Waals surface area contributed by atoms with Crippen molar-refractivity contribution < 1.29 is 14.6 Å². The first-order valence-electron chi connectivity index (χ1n) is 7.10. The largest absolute Gasteiger partial charge is 0.494 e. The predicted octanol–water partition coefficient (Wildman–Crippen LogP) is 3.83. The molecule has 0 saturated heterocycles. The van der Waals surface area contributed by atoms with Crippen molar-refractivity contribution in [3.63, 3.8) is 0 Å². The first-order valence-corrected chi connectivity index (χ1v) is 7.91. The number of rotatable bonds is 4. The van der Waals surface area contributed by atoms with E-state index < -0.39 is 5.97 Å². The predicted molar refractivity (Wildman–Crippen MR) is 83.0 cm³/mol. The lowest BCUT2D eigenvalue weighted by atomic mass is 9.83. The molecule has 4 nitrogen and oxygen atoms in total. The summed E-state index contributed by atoms with van der Waals surface area (Å²) in [7, 11) is 0. The molecule has 1 aliphatic carbocycles. The molecule has 3 rings (SSSR count). The average molecular weight is 303 g/mol. The summed E-state index contributed by atoms with van der Waals surface area (Å²) in [5.74, 6) is -0.306. The third-order valence-corrected chi connectivity index (χ3v) is 4.90. The van der Waals surface area contributed by atoms with Crippen molar-refractivity contribution >= 4 is 27.5 Å². The SMILES string of the molecule is CCOc1ccc2nc([C@@H]3CC=CC[C@@H]3C(=O)O)sc2c1. The second-order valence-corrected chi connectivity index (χ2v) is 6.17. The Morgan fingerprint density at radius 3 is 3.00 bits per heavy atom. The number of carboxylic acids is 1. The van der Waals surface area contributed by atoms with Gasteiger partial charge in [0.1, 0.15) is 5.75 Å². The molecule has 1 aromatic carbocycles. The molecular formula is C16H17NO3S. The molecule has 0 saturated carbocycles. The second kappa shape index (κ2) is 5.85. The maximum atomic E-state index is 11.4. The third-order valence-electron chi connectivity index (χ3n) is 3.75. The number of fused-ring (bicyclic) bond motifs is 1. The lowest BCUT2D eigenvalue weighted by Crippen LogP contribution is -2.23. The van der Waals surface area contributed by atoms with E-state index in [4.69, 9.17) is 4.74 Å². The maximum absolute atomic E-state index is 11.4. The molecule has 1 N–H and O–H groups in total. The van der Waals surface area contributed by atoms with Gasteiger partial charge in [-0.05, 0) is 38.0 Å². The van der Waals surface area contributed by atoms with Crippen LogP contribution in [0.1, 0.15) is 30.7 Å². The van der Waals surface area contributed by atoms with Crippen LogP contribution in [0.3, 0.4) is 0 Å². The Bertz CT molecular complexity index is 692. The van der Waals surface area contributed by atoms with Crippen LogP contribution in [0.4, 0.5) is 0 Å². The van der Waals surface area contributed by atoms with Crippen LogP contribution in [0, 0.1) is 5.92 Å². The fraction of sp³-hybridized carbons (Fsp3) is 0.375. The van der Waals surface area contributed by atoms with E-state index in [1.165, 1.54) is 0 Å². The van der Waals surface area contributed by atoms with Gasteiger partial charge < -0.3 is 9.84 Å². The van der Waals surface area contributed by atoms with Crippen LogP contribution in [0.5, 0.6) is 5.75 Å². The summed E-state index contributed by atoms with van der Waals surface area (Å²) in [6.07, 6.45) is 5.34. The zero-order valence-corrected chi connectivity index (χ0v) is 12.6. The quantitative estimate of drug-likeness (QED) is 0.872. The Balaban J connectivity index is 1.96. The van der Waals surface area contributed by atoms with Gasteiger partial charge in [-0.25, -0.2) is 4.98 Å². The second-order valence-electron chi connectivity index (χ2n) is 5.11. The number of carbonyl (C=O) groups is 1. The van der Waals surface area contributed by atoms with Crippen LogP contribution in [-0.4, -0.2) is 22.7 Å². The number of carboxylic acid groups (broad SMARTS) is 1. The highest BCUT2D eigenvalue weighted by Crippen LogP contribution is 2.39. The van der Waals surface area contributed by atoms with Gasteiger partial charge in [-0.15, -0.1) is 11.3 Å². The van der Waals surface area contributed by atoms with Crippen LogP contribution in [-0.2, 0) is 4.79 Å². The van der Waals surface area contributed by atoms with Crippen molar-refractivity contribution in [2.75, 3.05) is 6.61 Å². The monoisotopic (exact) mass is 303 g/mol. The number of aromatic nitrogens is 1. The molecule has 110 valence electrons. The minimum Gasteiger partial charge on any atom is -0.494 e. The van der Waals surface area contributed by atoms with Gasteiger partial charge in [0.05, 0.1) is 27.7 Å². The highest BCUT2D eigenvalue weighted by molar-refractivity contribution is 7.18. The molecule has 0 spiro atoms. The van der Waals surface area contributed by atoms with Crippen LogP contribution in [0.15, 0.2) is 30.4 Å². The van der Waals surface area contributed by atoms with Crippen LogP contribution in [0.25, 0.3) is 10.2 Å². The number of thiazole rings is 1. The van der Waals surface area contributed by atoms with Gasteiger partial charge in [-0.3, -0.25) is 4.79 Å². The van der Waals surface area contributed by atoms with Crippen LogP contribution in [0.2, 0.25) is 0 Å². The Hall–Kier alpha value is -1.88. The molecule has 0 unspecified atom stereocenters. The molecule has 0 radical (unpaired) electrons. The van der Waals surface area contributed by atoms with E-state index in [1.54, 1.807) is 11.3 Å². The molecule has 1 aliphatic rings. The Kier molecular flexibility index (Phi) is 3.92. The summed E-state index contributed by atoms with van der Waals surface area (Å²) < 4.78 is 6.55. The third kappa shape index (κ3) is 2.78. The minimum absolute atomic E-state index is 0.0274. The van der Waals surface area contributed by atoms with E-state index in [1.807, 2.05) is 31.2 Å². The van der Waals surface area contributed by atoms with Gasteiger partial charge in [-0.2, -0.15) is 0 Å². The maximum Gasteiger partial charge on any atom is 0.307 e. The van der Waals surface area contributed by atoms with Gasteiger partial charge in [0, 0.05) is 5.92 Å². The van der Waals surface area contributed by atoms with E-state index in [2.05, 4.69) is 11.1 Å². The first kappa shape index (κ1) is 14.1. The van der Waals surface area contributed by atoms with Crippen molar-refractivity contribution in [1.29, 1.82) is 0 Å². The summed E-state index contributed by atoms with van der Waals surface area (Å²) >= 11 is 1.58. The van der Waals surface area contributed by atoms with Crippen molar-refractivity contribution in [2.45, 2.75) is 25.7 Å². The summed E-state index contributed by atoms with van der Waals surface area (Å²) in [5.41, 5.74) is 0.914. The summed E-state index contributed by atoms with van der Waals surface area (Å²) in [4.78, 5) is 16.1. The van der Waals surface area contributed by atoms with Gasteiger partial charge in [-0.1, -0.05) is 12.2 Å². The minimum atomic E-state index is -0.737. The van der Waals surface area contributed by atoms with Gasteiger partial charge in [0.25, 0.3) is 0 Å². The highest BCUT2D eigenvalue weighted by Gasteiger charge is 2.32. The molecule has 2 atom stereocenters. The molecule has 5 heteroatoms. The van der Waals surface area contributed by atoms with E-state index in [0.29, 0.717) is 13.0 Å². The molecular weight excluding hydrogens is 286 g/mol. The fourth-order valence-electron chi connectivity index (χ4n) is 2.70. The van der Waals surface area contributed by atoms with Gasteiger partial charge in [0.15, 0.2) is 0 Å². The van der Waals surface area contributed by atoms with Crippen molar-refractivity contribution in [2.24, 2.45) is 5.92 Å². The fourth-order valence-corrected chi connectivity index (χ4v) is 3.87. The van der Waals surface area contributed by atoms with E-state index in [-0.39, 0.29) is 11.8 Å². The summed E-state index contributed by atoms with van der Waals surface area (Å²) in [6, 6.07) is 5.83. The zero-order chi connectivity index (χ0) is 14.8. The zero-order valence-electron chi connectivity index (χ0n) is 11.8. The van der Waals surface area contributed by atoms with Gasteiger partial charge in [0.2, 0.25) is 0 Å². The summed E-state index contributed by atoms with van der Waals surface area (Å²) in [5, 5.41) is 10.3. The van der Waals surface area contributed by atoms with Crippen molar-refractivity contribution in [1.82, 2.24) is 4.98 Å². The Labute approximate surface area is 127 Å². The van der Waals surface area contributed by atoms with Crippen molar-refractivity contribution in [3.8, 4) is 5.75 Å². The number of nitrogens with zero attached hydrogens (tertiary/aromatic N) is 1. The smallest absolute Gasteiger partial charge is 0.307 e. The molecule has 0 aliphatic heterocycles. The molecule has 0 amide bonds. The molecule has 2 aromatic rings. The molecule has 21 heavy (non-hydrogen) atoms. The van der Waals surface area contributed by atoms with Crippen LogP contribution < -0.4 is 4.74 Å². The lowest BCUT2D eigenvalue weighted by molar-refractivity contribution is -0.142. The van der Waals surface area contributed by atoms with Crippen molar-refractivity contribution in [3.05, 3.63) is 35.4 Å². The number of benzene rings is 1. The summed E-state index contributed by atoms with van der Waals surface area (Å²) in [6.45, 7) is 2.58. The molecule has 1 heterocycles. The standard InChI is InChI=1S/C16H17NO3S/c1-2-20-10-7-8-13-14(9-10)21-15(17-13)11-5-3-4-6-12(11)16(18)19/h3-4,7-9,11-12H,2,5-6H2,1H3,(H,18,19)/t11-,12+/m1/s1. The number of allylic oxidation sites excluding steroid dienone is 2. The average Bonchev–Trinajstić information content (AvgIpc) is 2.90. The van der Waals surface area contributed by atoms with Gasteiger partial charge >= 0.3 is 5.97 Å². The Morgan fingerprint density at radius 1 is 1.43 bits per heavy atom. The highest BCUT2D eigenvalue weighted by atomic mass is 32.1.